The normalized spacial score (nSPS) is 23.3. The van der Waals surface area contributed by atoms with E-state index in [4.69, 9.17) is 9.47 Å². The number of pyridine rings is 1. The van der Waals surface area contributed by atoms with E-state index in [2.05, 4.69) is 26.6 Å². The zero-order valence-corrected chi connectivity index (χ0v) is 25.6. The number of anilines is 4. The number of aromatic nitrogens is 1. The molecule has 1 unspecified atom stereocenters. The number of nitrogens with zero attached hydrogens (tertiary/aromatic N) is 4. The summed E-state index contributed by atoms with van der Waals surface area (Å²) in [6.07, 6.45) is 5.68. The molecule has 2 aromatic rings. The Balaban J connectivity index is 1.08. The molecule has 4 aliphatic heterocycles. The summed E-state index contributed by atoms with van der Waals surface area (Å²) in [6, 6.07) is 9.62. The Hall–Kier alpha value is -4.16. The van der Waals surface area contributed by atoms with Crippen LogP contribution in [0.15, 0.2) is 48.3 Å². The van der Waals surface area contributed by atoms with E-state index in [1.54, 1.807) is 28.1 Å². The van der Waals surface area contributed by atoms with Crippen molar-refractivity contribution in [3.63, 3.8) is 0 Å². The number of hydrogen-bond donors (Lipinski definition) is 3. The first-order chi connectivity index (χ1) is 20.9. The SMILES string of the molecule is CN1c2c(N3CCC4(CC[C@@H](c5ccc(NC(=O)OC(C)(C)C)nc5)OC4)CC3)cccc2N(C2=CCC(=O)NC2=O)C1O. The largest absolute Gasteiger partial charge is 0.444 e. The highest BCUT2D eigenvalue weighted by Gasteiger charge is 2.43. The molecule has 5 heterocycles. The first-order valence-electron chi connectivity index (χ1n) is 15.1. The molecule has 1 spiro atoms. The maximum Gasteiger partial charge on any atom is 0.413 e. The van der Waals surface area contributed by atoms with Crippen LogP contribution in [0.5, 0.6) is 0 Å². The molecule has 2 atom stereocenters. The molecule has 0 aliphatic carbocycles. The number of piperidine rings is 1. The van der Waals surface area contributed by atoms with Gasteiger partial charge in [0, 0.05) is 32.8 Å². The fraction of sp³-hybridized carbons (Fsp3) is 0.500. The van der Waals surface area contributed by atoms with Gasteiger partial charge in [-0.3, -0.25) is 25.1 Å². The van der Waals surface area contributed by atoms with Gasteiger partial charge in [0.2, 0.25) is 12.3 Å². The molecule has 3 N–H and O–H groups in total. The van der Waals surface area contributed by atoms with Gasteiger partial charge in [0.05, 0.1) is 29.8 Å². The molecular formula is C32H40N6O6. The quantitative estimate of drug-likeness (QED) is 0.439. The maximum absolute atomic E-state index is 12.6. The van der Waals surface area contributed by atoms with E-state index < -0.39 is 24.0 Å². The average molecular weight is 605 g/mol. The predicted octanol–water partition coefficient (Wildman–Crippen LogP) is 4.03. The van der Waals surface area contributed by atoms with Crippen molar-refractivity contribution in [2.75, 3.05) is 46.8 Å². The molecule has 12 nitrogen and oxygen atoms in total. The Bertz CT molecular complexity index is 1470. The summed E-state index contributed by atoms with van der Waals surface area (Å²) in [6.45, 7) is 7.81. The number of hydrogen-bond acceptors (Lipinski definition) is 10. The van der Waals surface area contributed by atoms with E-state index in [1.165, 1.54) is 0 Å². The summed E-state index contributed by atoms with van der Waals surface area (Å²) in [7, 11) is 1.81. The third kappa shape index (κ3) is 5.83. The van der Waals surface area contributed by atoms with Gasteiger partial charge in [-0.25, -0.2) is 9.78 Å². The van der Waals surface area contributed by atoms with E-state index in [-0.39, 0.29) is 29.5 Å². The van der Waals surface area contributed by atoms with Crippen LogP contribution in [0.3, 0.4) is 0 Å². The highest BCUT2D eigenvalue weighted by Crippen LogP contribution is 2.49. The van der Waals surface area contributed by atoms with Crippen molar-refractivity contribution in [3.05, 3.63) is 53.9 Å². The molecule has 4 aliphatic rings. The zero-order valence-electron chi connectivity index (χ0n) is 25.6. The van der Waals surface area contributed by atoms with Crippen LogP contribution in [-0.4, -0.2) is 66.7 Å². The number of fused-ring (bicyclic) bond motifs is 1. The molecule has 2 fully saturated rings. The number of amides is 3. The van der Waals surface area contributed by atoms with E-state index in [1.807, 2.05) is 46.0 Å². The van der Waals surface area contributed by atoms with Crippen molar-refractivity contribution >= 4 is 40.8 Å². The first kappa shape index (κ1) is 29.9. The zero-order chi connectivity index (χ0) is 31.2. The smallest absolute Gasteiger partial charge is 0.413 e. The highest BCUT2D eigenvalue weighted by molar-refractivity contribution is 6.10. The van der Waals surface area contributed by atoms with Gasteiger partial charge in [-0.2, -0.15) is 0 Å². The van der Waals surface area contributed by atoms with Gasteiger partial charge in [0.25, 0.3) is 5.91 Å². The minimum absolute atomic E-state index is 0.0400. The Morgan fingerprint density at radius 3 is 2.52 bits per heavy atom. The lowest BCUT2D eigenvalue weighted by Gasteiger charge is -2.46. The van der Waals surface area contributed by atoms with Crippen LogP contribution in [0.25, 0.3) is 0 Å². The number of aliphatic hydroxyl groups is 1. The van der Waals surface area contributed by atoms with Gasteiger partial charge in [0.1, 0.15) is 17.1 Å². The summed E-state index contributed by atoms with van der Waals surface area (Å²) < 4.78 is 11.7. The molecule has 0 bridgehead atoms. The van der Waals surface area contributed by atoms with Crippen LogP contribution in [-0.2, 0) is 19.1 Å². The molecule has 0 saturated carbocycles. The summed E-state index contributed by atoms with van der Waals surface area (Å²) in [5.41, 5.74) is 3.39. The monoisotopic (exact) mass is 604 g/mol. The third-order valence-electron chi connectivity index (χ3n) is 8.89. The van der Waals surface area contributed by atoms with Crippen LogP contribution in [0.1, 0.15) is 64.5 Å². The van der Waals surface area contributed by atoms with Gasteiger partial charge < -0.3 is 24.4 Å². The summed E-state index contributed by atoms with van der Waals surface area (Å²) >= 11 is 0. The van der Waals surface area contributed by atoms with Crippen molar-refractivity contribution in [1.29, 1.82) is 0 Å². The first-order valence-corrected chi connectivity index (χ1v) is 15.1. The number of imide groups is 1. The van der Waals surface area contributed by atoms with Crippen LogP contribution >= 0.6 is 0 Å². The maximum atomic E-state index is 12.6. The van der Waals surface area contributed by atoms with Crippen molar-refractivity contribution in [1.82, 2.24) is 10.3 Å². The minimum Gasteiger partial charge on any atom is -0.444 e. The lowest BCUT2D eigenvalue weighted by molar-refractivity contribution is -0.129. The van der Waals surface area contributed by atoms with E-state index in [0.717, 1.165) is 61.4 Å². The van der Waals surface area contributed by atoms with Gasteiger partial charge >= 0.3 is 6.09 Å². The Morgan fingerprint density at radius 1 is 1.14 bits per heavy atom. The van der Waals surface area contributed by atoms with Crippen molar-refractivity contribution in [2.45, 2.75) is 70.9 Å². The average Bonchev–Trinajstić information content (AvgIpc) is 3.23. The second-order valence-corrected chi connectivity index (χ2v) is 13.1. The molecular weight excluding hydrogens is 564 g/mol. The number of ether oxygens (including phenoxy) is 2. The van der Waals surface area contributed by atoms with Gasteiger partial charge in [-0.1, -0.05) is 12.1 Å². The van der Waals surface area contributed by atoms with Gasteiger partial charge in [-0.15, -0.1) is 0 Å². The summed E-state index contributed by atoms with van der Waals surface area (Å²) in [5, 5.41) is 16.1. The lowest BCUT2D eigenvalue weighted by atomic mass is 9.73. The molecule has 0 radical (unpaired) electrons. The Kier molecular flexibility index (Phi) is 7.75. The number of aliphatic hydroxyl groups excluding tert-OH is 1. The second kappa shape index (κ2) is 11.4. The fourth-order valence-corrected chi connectivity index (χ4v) is 6.56. The van der Waals surface area contributed by atoms with E-state index in [0.29, 0.717) is 12.4 Å². The molecule has 2 saturated heterocycles. The molecule has 44 heavy (non-hydrogen) atoms. The number of carbonyl (C=O) groups is 3. The predicted molar refractivity (Wildman–Crippen MR) is 165 cm³/mol. The number of benzene rings is 1. The molecule has 6 rings (SSSR count). The van der Waals surface area contributed by atoms with Crippen LogP contribution in [0.2, 0.25) is 0 Å². The van der Waals surface area contributed by atoms with E-state index >= 15 is 0 Å². The molecule has 3 amide bonds. The standard InChI is InChI=1S/C32H40N6O6/c1-31(2,3)44-29(41)34-25-10-8-20(18-33-25)24-12-13-32(19-43-24)14-16-37(17-15-32)21-6-5-7-22-27(21)36(4)30(42)38(22)23-9-11-26(39)35-28(23)40/h5-10,18,24,30,42H,11-17,19H2,1-4H3,(H,33,34,41)(H,35,39,40)/t24-,30?/m0/s1. The lowest BCUT2D eigenvalue weighted by Crippen LogP contribution is -2.47. The molecule has 1 aromatic heterocycles. The molecule has 234 valence electrons. The highest BCUT2D eigenvalue weighted by atomic mass is 16.6. The van der Waals surface area contributed by atoms with Crippen molar-refractivity contribution < 1.29 is 29.0 Å². The molecule has 1 aromatic carbocycles. The number of rotatable bonds is 4. The van der Waals surface area contributed by atoms with Crippen LogP contribution < -0.4 is 25.3 Å². The van der Waals surface area contributed by atoms with Gasteiger partial charge in [0.15, 0.2) is 0 Å². The second-order valence-electron chi connectivity index (χ2n) is 13.1. The van der Waals surface area contributed by atoms with Crippen molar-refractivity contribution in [2.24, 2.45) is 5.41 Å². The van der Waals surface area contributed by atoms with Crippen LogP contribution in [0, 0.1) is 5.41 Å². The van der Waals surface area contributed by atoms with E-state index in [9.17, 15) is 19.5 Å². The third-order valence-corrected chi connectivity index (χ3v) is 8.89. The summed E-state index contributed by atoms with van der Waals surface area (Å²) in [5.74, 6) is -0.422. The van der Waals surface area contributed by atoms with Gasteiger partial charge in [-0.05, 0) is 81.7 Å². The fourth-order valence-electron chi connectivity index (χ4n) is 6.56. The number of para-hydroxylation sites is 1. The Labute approximate surface area is 257 Å². The topological polar surface area (TPSA) is 137 Å². The Morgan fingerprint density at radius 2 is 1.89 bits per heavy atom. The minimum atomic E-state index is -1.06. The molecule has 12 heteroatoms. The summed E-state index contributed by atoms with van der Waals surface area (Å²) in [4.78, 5) is 46.4. The van der Waals surface area contributed by atoms with Crippen molar-refractivity contribution in [3.8, 4) is 0 Å². The number of carbonyl (C=O) groups excluding carboxylic acids is 3. The van der Waals surface area contributed by atoms with Crippen LogP contribution in [0.4, 0.5) is 27.7 Å². The number of nitrogens with one attached hydrogen (secondary N) is 2.